The molecule has 0 saturated heterocycles. The number of aromatic hydroxyl groups is 2. The summed E-state index contributed by atoms with van der Waals surface area (Å²) in [4.78, 5) is 12.4. The summed E-state index contributed by atoms with van der Waals surface area (Å²) in [6, 6.07) is 8.92. The molecule has 0 aromatic heterocycles. The first-order chi connectivity index (χ1) is 10.6. The smallest absolute Gasteiger partial charge is 0.193 e. The molecule has 2 aromatic rings. The number of phenolic OH excluding ortho intramolecular Hbond substituents is 2. The van der Waals surface area contributed by atoms with Crippen molar-refractivity contribution < 1.29 is 24.5 Å². The Labute approximate surface area is 128 Å². The average Bonchev–Trinajstić information content (AvgIpc) is 2.51. The van der Waals surface area contributed by atoms with Crippen molar-refractivity contribution in [1.82, 2.24) is 0 Å². The van der Waals surface area contributed by atoms with E-state index in [-0.39, 0.29) is 17.3 Å². The number of hydrogen-bond donors (Lipinski definition) is 2. The standard InChI is InChI=1S/C17H18O5/c1-3-21-15-7-5-11(9-13(15)18)17(20)12-6-8-16(22-4-2)14(19)10-12/h5-10,18-19H,3-4H2,1-2H3. The molecule has 5 heteroatoms. The number of carbonyl (C=O) groups excluding carboxylic acids is 1. The largest absolute Gasteiger partial charge is 0.504 e. The minimum absolute atomic E-state index is 0.0946. The van der Waals surface area contributed by atoms with Crippen molar-refractivity contribution in [2.24, 2.45) is 0 Å². The minimum Gasteiger partial charge on any atom is -0.504 e. The first-order valence-electron chi connectivity index (χ1n) is 7.03. The minimum atomic E-state index is -0.309. The normalized spacial score (nSPS) is 10.3. The van der Waals surface area contributed by atoms with Crippen LogP contribution in [0.4, 0.5) is 0 Å². The van der Waals surface area contributed by atoms with E-state index in [1.54, 1.807) is 38.1 Å². The second-order valence-corrected chi connectivity index (χ2v) is 4.56. The zero-order valence-electron chi connectivity index (χ0n) is 12.5. The van der Waals surface area contributed by atoms with Crippen LogP contribution in [0, 0.1) is 0 Å². The van der Waals surface area contributed by atoms with Crippen LogP contribution in [-0.2, 0) is 0 Å². The maximum absolute atomic E-state index is 12.4. The number of rotatable bonds is 6. The van der Waals surface area contributed by atoms with Gasteiger partial charge in [-0.2, -0.15) is 0 Å². The lowest BCUT2D eigenvalue weighted by Gasteiger charge is -2.09. The highest BCUT2D eigenvalue weighted by Gasteiger charge is 2.14. The van der Waals surface area contributed by atoms with Gasteiger partial charge in [0.15, 0.2) is 28.8 Å². The van der Waals surface area contributed by atoms with E-state index in [9.17, 15) is 15.0 Å². The molecule has 2 rings (SSSR count). The molecule has 2 N–H and O–H groups in total. The van der Waals surface area contributed by atoms with E-state index < -0.39 is 0 Å². The van der Waals surface area contributed by atoms with Gasteiger partial charge < -0.3 is 19.7 Å². The van der Waals surface area contributed by atoms with Crippen molar-refractivity contribution in [1.29, 1.82) is 0 Å². The highest BCUT2D eigenvalue weighted by Crippen LogP contribution is 2.30. The van der Waals surface area contributed by atoms with Crippen LogP contribution in [0.2, 0.25) is 0 Å². The fourth-order valence-electron chi connectivity index (χ4n) is 2.04. The number of benzene rings is 2. The van der Waals surface area contributed by atoms with Gasteiger partial charge >= 0.3 is 0 Å². The van der Waals surface area contributed by atoms with E-state index in [1.807, 2.05) is 0 Å². The van der Waals surface area contributed by atoms with E-state index in [4.69, 9.17) is 9.47 Å². The molecule has 22 heavy (non-hydrogen) atoms. The molecular formula is C17H18O5. The molecule has 0 aliphatic heterocycles. The number of ketones is 1. The van der Waals surface area contributed by atoms with Crippen molar-refractivity contribution in [3.63, 3.8) is 0 Å². The van der Waals surface area contributed by atoms with Crippen molar-refractivity contribution in [3.05, 3.63) is 47.5 Å². The van der Waals surface area contributed by atoms with Crippen LogP contribution in [0.5, 0.6) is 23.0 Å². The van der Waals surface area contributed by atoms with E-state index in [1.165, 1.54) is 12.1 Å². The van der Waals surface area contributed by atoms with Gasteiger partial charge in [-0.3, -0.25) is 4.79 Å². The van der Waals surface area contributed by atoms with Crippen LogP contribution in [0.1, 0.15) is 29.8 Å². The van der Waals surface area contributed by atoms with Crippen LogP contribution < -0.4 is 9.47 Å². The molecule has 0 fully saturated rings. The second kappa shape index (κ2) is 6.85. The van der Waals surface area contributed by atoms with Gasteiger partial charge in [-0.25, -0.2) is 0 Å². The Bertz CT molecular complexity index is 621. The quantitative estimate of drug-likeness (QED) is 0.802. The highest BCUT2D eigenvalue weighted by atomic mass is 16.5. The molecular weight excluding hydrogens is 284 g/mol. The first kappa shape index (κ1) is 15.7. The summed E-state index contributed by atoms with van der Waals surface area (Å²) >= 11 is 0. The predicted molar refractivity (Wildman–Crippen MR) is 82.0 cm³/mol. The Kier molecular flexibility index (Phi) is 4.88. The summed E-state index contributed by atoms with van der Waals surface area (Å²) in [6.07, 6.45) is 0. The van der Waals surface area contributed by atoms with Gasteiger partial charge in [-0.15, -0.1) is 0 Å². The van der Waals surface area contributed by atoms with Gasteiger partial charge in [0.2, 0.25) is 0 Å². The maximum atomic E-state index is 12.4. The summed E-state index contributed by atoms with van der Waals surface area (Å²) in [5.41, 5.74) is 0.619. The van der Waals surface area contributed by atoms with Crippen LogP contribution in [-0.4, -0.2) is 29.2 Å². The fraction of sp³-hybridized carbons (Fsp3) is 0.235. The topological polar surface area (TPSA) is 76.0 Å². The van der Waals surface area contributed by atoms with Gasteiger partial charge in [0.1, 0.15) is 0 Å². The maximum Gasteiger partial charge on any atom is 0.193 e. The van der Waals surface area contributed by atoms with Gasteiger partial charge in [-0.1, -0.05) is 0 Å². The fourth-order valence-corrected chi connectivity index (χ4v) is 2.04. The Hall–Kier alpha value is -2.69. The molecule has 2 aromatic carbocycles. The summed E-state index contributed by atoms with van der Waals surface area (Å²) in [5.74, 6) is 0.157. The summed E-state index contributed by atoms with van der Waals surface area (Å²) < 4.78 is 10.4. The number of ether oxygens (including phenoxy) is 2. The molecule has 0 aliphatic rings. The Morgan fingerprint density at radius 1 is 0.864 bits per heavy atom. The van der Waals surface area contributed by atoms with Gasteiger partial charge in [0.25, 0.3) is 0 Å². The lowest BCUT2D eigenvalue weighted by Crippen LogP contribution is -2.02. The average molecular weight is 302 g/mol. The zero-order valence-corrected chi connectivity index (χ0v) is 12.5. The SMILES string of the molecule is CCOc1ccc(C(=O)c2ccc(OCC)c(O)c2)cc1O. The lowest BCUT2D eigenvalue weighted by molar-refractivity contribution is 0.103. The van der Waals surface area contributed by atoms with Gasteiger partial charge in [0, 0.05) is 11.1 Å². The van der Waals surface area contributed by atoms with E-state index in [2.05, 4.69) is 0 Å². The second-order valence-electron chi connectivity index (χ2n) is 4.56. The van der Waals surface area contributed by atoms with E-state index >= 15 is 0 Å². The number of hydrogen-bond acceptors (Lipinski definition) is 5. The number of carbonyl (C=O) groups is 1. The zero-order chi connectivity index (χ0) is 16.1. The molecule has 0 unspecified atom stereocenters. The van der Waals surface area contributed by atoms with Crippen LogP contribution in [0.25, 0.3) is 0 Å². The lowest BCUT2D eigenvalue weighted by atomic mass is 10.0. The predicted octanol–water partition coefficient (Wildman–Crippen LogP) is 3.13. The summed E-state index contributed by atoms with van der Waals surface area (Å²) in [7, 11) is 0. The summed E-state index contributed by atoms with van der Waals surface area (Å²) in [5, 5.41) is 19.7. The summed E-state index contributed by atoms with van der Waals surface area (Å²) in [6.45, 7) is 4.46. The molecule has 0 saturated carbocycles. The Balaban J connectivity index is 2.28. The highest BCUT2D eigenvalue weighted by molar-refractivity contribution is 6.09. The molecule has 5 nitrogen and oxygen atoms in total. The van der Waals surface area contributed by atoms with Gasteiger partial charge in [-0.05, 0) is 50.2 Å². The van der Waals surface area contributed by atoms with Crippen LogP contribution >= 0.6 is 0 Å². The monoisotopic (exact) mass is 302 g/mol. The molecule has 0 atom stereocenters. The third kappa shape index (κ3) is 3.31. The van der Waals surface area contributed by atoms with Crippen molar-refractivity contribution in [2.45, 2.75) is 13.8 Å². The Morgan fingerprint density at radius 3 is 1.59 bits per heavy atom. The Morgan fingerprint density at radius 2 is 1.27 bits per heavy atom. The van der Waals surface area contributed by atoms with Gasteiger partial charge in [0.05, 0.1) is 13.2 Å². The molecule has 0 bridgehead atoms. The molecule has 0 aliphatic carbocycles. The molecule has 0 radical (unpaired) electrons. The van der Waals surface area contributed by atoms with Crippen molar-refractivity contribution in [3.8, 4) is 23.0 Å². The molecule has 116 valence electrons. The molecule has 0 spiro atoms. The van der Waals surface area contributed by atoms with Crippen molar-refractivity contribution >= 4 is 5.78 Å². The third-order valence-corrected chi connectivity index (χ3v) is 3.04. The van der Waals surface area contributed by atoms with E-state index in [0.29, 0.717) is 35.8 Å². The first-order valence-corrected chi connectivity index (χ1v) is 7.03. The number of phenols is 2. The van der Waals surface area contributed by atoms with Crippen LogP contribution in [0.3, 0.4) is 0 Å². The van der Waals surface area contributed by atoms with Crippen molar-refractivity contribution in [2.75, 3.05) is 13.2 Å². The molecule has 0 amide bonds. The van der Waals surface area contributed by atoms with E-state index in [0.717, 1.165) is 0 Å². The third-order valence-electron chi connectivity index (χ3n) is 3.04. The van der Waals surface area contributed by atoms with Crippen LogP contribution in [0.15, 0.2) is 36.4 Å². The molecule has 0 heterocycles.